The molecule has 9 nitrogen and oxygen atoms in total. The van der Waals surface area contributed by atoms with Crippen LogP contribution in [0.4, 0.5) is 0 Å². The molecule has 0 saturated carbocycles. The van der Waals surface area contributed by atoms with Gasteiger partial charge in [0.15, 0.2) is 0 Å². The van der Waals surface area contributed by atoms with E-state index in [0.29, 0.717) is 25.7 Å². The number of carboxylic acids is 4. The standard InChI is InChI=1S/4C12H24O2.4C4H9.H2O.2Sn/c4*1-2-3-4-5-6-7-8-9-10-11-12(13)14;4*1-3-4-2;;;/h4*2-11H2,1H3,(H,13,14);4*1,3-4H2,2H3;1H2;;. The predicted molar refractivity (Wildman–Crippen MR) is 332 cm³/mol. The van der Waals surface area contributed by atoms with Crippen LogP contribution in [0.2, 0.25) is 17.7 Å². The van der Waals surface area contributed by atoms with Gasteiger partial charge in [-0.05, 0) is 25.7 Å². The second-order valence-corrected chi connectivity index (χ2v) is 29.4. The molecule has 75 heavy (non-hydrogen) atoms. The van der Waals surface area contributed by atoms with Crippen LogP contribution in [0.25, 0.3) is 0 Å². The fourth-order valence-corrected chi connectivity index (χ4v) is 16.1. The summed E-state index contributed by atoms with van der Waals surface area (Å²) >= 11 is 0.299. The Hall–Kier alpha value is -0.563. The first-order valence-electron chi connectivity index (χ1n) is 32.2. The number of unbranched alkanes of at least 4 members (excludes halogenated alkanes) is 36. The van der Waals surface area contributed by atoms with E-state index in [4.69, 9.17) is 20.4 Å². The van der Waals surface area contributed by atoms with E-state index in [2.05, 4.69) is 55.4 Å². The third-order valence-electron chi connectivity index (χ3n) is 12.8. The van der Waals surface area contributed by atoms with Crippen molar-refractivity contribution in [3.8, 4) is 0 Å². The Morgan fingerprint density at radius 3 is 0.453 bits per heavy atom. The van der Waals surface area contributed by atoms with E-state index in [0.717, 1.165) is 51.4 Å². The van der Waals surface area contributed by atoms with Crippen molar-refractivity contribution >= 4 is 66.2 Å². The van der Waals surface area contributed by atoms with Gasteiger partial charge in [0.25, 0.3) is 0 Å². The van der Waals surface area contributed by atoms with Gasteiger partial charge in [0, 0.05) is 25.7 Å². The van der Waals surface area contributed by atoms with Crippen LogP contribution in [0.1, 0.15) is 364 Å². The molecule has 6 N–H and O–H groups in total. The summed E-state index contributed by atoms with van der Waals surface area (Å²) in [5, 5.41) is 33.7. The van der Waals surface area contributed by atoms with Crippen molar-refractivity contribution < 1.29 is 45.1 Å². The van der Waals surface area contributed by atoms with Crippen molar-refractivity contribution in [2.24, 2.45) is 0 Å². The van der Waals surface area contributed by atoms with Crippen molar-refractivity contribution in [2.45, 2.75) is 381 Å². The Labute approximate surface area is 489 Å². The molecule has 0 aliphatic carbocycles. The normalized spacial score (nSPS) is 10.1. The van der Waals surface area contributed by atoms with Gasteiger partial charge in [0.1, 0.15) is 0 Å². The average Bonchev–Trinajstić information content (AvgIpc) is 3.37. The zero-order valence-electron chi connectivity index (χ0n) is 51.7. The fourth-order valence-electron chi connectivity index (χ4n) is 7.80. The summed E-state index contributed by atoms with van der Waals surface area (Å²) in [5.41, 5.74) is 0. The number of aliphatic carboxylic acids is 4. The van der Waals surface area contributed by atoms with E-state index in [1.54, 1.807) is 17.7 Å². The van der Waals surface area contributed by atoms with Gasteiger partial charge >= 0.3 is 163 Å². The van der Waals surface area contributed by atoms with E-state index >= 15 is 0 Å². The van der Waals surface area contributed by atoms with Gasteiger partial charge < -0.3 is 25.9 Å². The van der Waals surface area contributed by atoms with Crippen molar-refractivity contribution in [1.29, 1.82) is 0 Å². The van der Waals surface area contributed by atoms with Crippen molar-refractivity contribution in [1.82, 2.24) is 0 Å². The molecule has 0 aromatic carbocycles. The maximum absolute atomic E-state index is 10.2. The quantitative estimate of drug-likeness (QED) is 0.0343. The molecule has 11 heteroatoms. The van der Waals surface area contributed by atoms with E-state index in [-0.39, 0.29) is 47.8 Å². The summed E-state index contributed by atoms with van der Waals surface area (Å²) in [5.74, 6) is -2.64. The molecule has 0 fully saturated rings. The Morgan fingerprint density at radius 2 is 0.333 bits per heavy atom. The van der Waals surface area contributed by atoms with Gasteiger partial charge in [-0.2, -0.15) is 0 Å². The van der Waals surface area contributed by atoms with Gasteiger partial charge in [0.05, 0.1) is 0 Å². The van der Waals surface area contributed by atoms with Crippen LogP contribution in [0.5, 0.6) is 0 Å². The molecule has 0 aromatic heterocycles. The smallest absolute Gasteiger partial charge is 0.412 e. The van der Waals surface area contributed by atoms with Crippen LogP contribution in [0.15, 0.2) is 0 Å². The predicted octanol–water partition coefficient (Wildman–Crippen LogP) is 21.4. The minimum atomic E-state index is -0.659. The molecule has 0 heterocycles. The topological polar surface area (TPSA) is 181 Å². The monoisotopic (exact) mass is 1290 g/mol. The minimum absolute atomic E-state index is 0. The van der Waals surface area contributed by atoms with E-state index < -0.39 is 23.9 Å². The molecule has 0 spiro atoms. The Bertz CT molecular complexity index is 863. The molecule has 452 valence electrons. The van der Waals surface area contributed by atoms with Gasteiger partial charge in [-0.15, -0.1) is 0 Å². The molecule has 0 unspecified atom stereocenters. The molecule has 0 aromatic rings. The number of rotatable bonds is 52. The van der Waals surface area contributed by atoms with E-state index in [1.807, 2.05) is 0 Å². The Morgan fingerprint density at radius 1 is 0.213 bits per heavy atom. The van der Waals surface area contributed by atoms with Crippen LogP contribution in [0, 0.1) is 0 Å². The minimum Gasteiger partial charge on any atom is -0.412 e. The summed E-state index contributed by atoms with van der Waals surface area (Å²) < 4.78 is 6.50. The molecular weight excluding hydrogens is 1150 g/mol. The molecule has 0 bridgehead atoms. The molecule has 0 saturated heterocycles. The van der Waals surface area contributed by atoms with Crippen molar-refractivity contribution in [3.63, 3.8) is 0 Å². The van der Waals surface area contributed by atoms with Gasteiger partial charge in [-0.25, -0.2) is 0 Å². The van der Waals surface area contributed by atoms with E-state index in [9.17, 15) is 19.2 Å². The molecule has 0 atom stereocenters. The summed E-state index contributed by atoms with van der Waals surface area (Å²) in [6.45, 7) is 18.1. The van der Waals surface area contributed by atoms with Crippen molar-refractivity contribution in [3.05, 3.63) is 0 Å². The first kappa shape index (κ1) is 88.3. The number of carbonyl (C=O) groups is 4. The van der Waals surface area contributed by atoms with E-state index in [1.165, 1.54) is 231 Å². The molecular formula is C64H134O9Sn2. The third kappa shape index (κ3) is 122. The Balaban J connectivity index is -0.000000149. The second-order valence-electron chi connectivity index (χ2n) is 20.8. The van der Waals surface area contributed by atoms with Crippen molar-refractivity contribution in [2.75, 3.05) is 0 Å². The summed E-state index contributed by atoms with van der Waals surface area (Å²) in [4.78, 5) is 40.8. The summed E-state index contributed by atoms with van der Waals surface area (Å²) in [7, 11) is 0. The zero-order chi connectivity index (χ0) is 56.5. The maximum atomic E-state index is 10.2. The van der Waals surface area contributed by atoms with Gasteiger partial charge in [-0.1, -0.05) is 233 Å². The number of hydrogen-bond donors (Lipinski definition) is 4. The van der Waals surface area contributed by atoms with Crippen LogP contribution in [-0.2, 0) is 19.2 Å². The fraction of sp³-hybridized carbons (Fsp3) is 0.938. The van der Waals surface area contributed by atoms with Crippen LogP contribution >= 0.6 is 0 Å². The largest absolute Gasteiger partial charge is 0.412 e. The molecule has 0 aliphatic heterocycles. The van der Waals surface area contributed by atoms with Crippen LogP contribution in [0.3, 0.4) is 0 Å². The zero-order valence-corrected chi connectivity index (χ0v) is 57.4. The van der Waals surface area contributed by atoms with Crippen LogP contribution < -0.4 is 0 Å². The van der Waals surface area contributed by atoms with Gasteiger partial charge in [0.2, 0.25) is 0 Å². The third-order valence-corrected chi connectivity index (χ3v) is 20.9. The maximum Gasteiger partial charge on any atom is -0.412 e. The first-order chi connectivity index (χ1) is 35.9. The molecule has 4 radical (unpaired) electrons. The Kier molecular flexibility index (Phi) is 106. The van der Waals surface area contributed by atoms with Crippen LogP contribution in [-0.4, -0.2) is 92.1 Å². The van der Waals surface area contributed by atoms with Gasteiger partial charge in [-0.3, -0.25) is 19.2 Å². The average molecular weight is 1290 g/mol. The summed E-state index contributed by atoms with van der Waals surface area (Å²) in [6.07, 6.45) is 57.6. The number of carboxylic acid groups (broad SMARTS) is 4. The second kappa shape index (κ2) is 90.0. The molecule has 0 aliphatic rings. The molecule has 0 amide bonds. The summed E-state index contributed by atoms with van der Waals surface area (Å²) in [6, 6.07) is 0. The molecule has 0 rings (SSSR count). The SMILES string of the molecule is CCCCCCCCCCCC(=O)O.CCCCCCCCCCCC(=O)O.CCCCCCCCCCCC(=O)O.CCCCCCCCCCCC(=O)O.CCC[CH2][Sn][CH2]CCC.CCC[CH2][Sn][CH2]CCC.O. The number of hydrogen-bond acceptors (Lipinski definition) is 4. The first-order valence-corrected chi connectivity index (χ1v) is 40.3.